The Balaban J connectivity index is 1.30. The standard InChI is InChI=1S/C18H26N2O2/c1-19-18(21)14-6-8-17(9-7-14)22-11-3-2-10-20-12-15-4-5-16(15)13-20/h6-9,15-16H,2-5,10-13H2,1H3,(H,19,21)/t15-,16+. The van der Waals surface area contributed by atoms with Crippen LogP contribution in [0.15, 0.2) is 24.3 Å². The van der Waals surface area contributed by atoms with Gasteiger partial charge in [0.15, 0.2) is 0 Å². The zero-order valence-electron chi connectivity index (χ0n) is 13.4. The first-order valence-electron chi connectivity index (χ1n) is 8.43. The Hall–Kier alpha value is -1.55. The second-order valence-electron chi connectivity index (χ2n) is 6.52. The molecule has 0 bridgehead atoms. The predicted octanol–water partition coefficient (Wildman–Crippen LogP) is 2.55. The van der Waals surface area contributed by atoms with Gasteiger partial charge in [0.25, 0.3) is 5.91 Å². The van der Waals surface area contributed by atoms with Gasteiger partial charge in [-0.1, -0.05) is 0 Å². The van der Waals surface area contributed by atoms with Crippen LogP contribution in [-0.2, 0) is 0 Å². The lowest BCUT2D eigenvalue weighted by Gasteiger charge is -2.28. The first kappa shape index (κ1) is 15.3. The molecule has 1 N–H and O–H groups in total. The lowest BCUT2D eigenvalue weighted by molar-refractivity contribution is 0.0963. The quantitative estimate of drug-likeness (QED) is 0.787. The van der Waals surface area contributed by atoms with Crippen molar-refractivity contribution in [2.24, 2.45) is 11.8 Å². The summed E-state index contributed by atoms with van der Waals surface area (Å²) in [5, 5.41) is 2.61. The Labute approximate surface area is 132 Å². The van der Waals surface area contributed by atoms with E-state index in [2.05, 4.69) is 10.2 Å². The van der Waals surface area contributed by atoms with Crippen molar-refractivity contribution < 1.29 is 9.53 Å². The van der Waals surface area contributed by atoms with E-state index >= 15 is 0 Å². The molecule has 1 aliphatic heterocycles. The number of amides is 1. The van der Waals surface area contributed by atoms with E-state index in [0.29, 0.717) is 5.56 Å². The van der Waals surface area contributed by atoms with Crippen LogP contribution in [0.5, 0.6) is 5.75 Å². The van der Waals surface area contributed by atoms with Gasteiger partial charge in [-0.05, 0) is 68.3 Å². The van der Waals surface area contributed by atoms with Crippen molar-refractivity contribution >= 4 is 5.91 Å². The molecule has 120 valence electrons. The molecule has 0 unspecified atom stereocenters. The molecule has 1 saturated carbocycles. The molecule has 1 amide bonds. The number of carbonyl (C=O) groups is 1. The van der Waals surface area contributed by atoms with Gasteiger partial charge in [0.2, 0.25) is 0 Å². The number of nitrogens with one attached hydrogen (secondary N) is 1. The minimum atomic E-state index is -0.0638. The van der Waals surface area contributed by atoms with E-state index in [4.69, 9.17) is 4.74 Å². The molecule has 22 heavy (non-hydrogen) atoms. The zero-order valence-corrected chi connectivity index (χ0v) is 13.4. The largest absolute Gasteiger partial charge is 0.494 e. The lowest BCUT2D eigenvalue weighted by Crippen LogP contribution is -2.22. The van der Waals surface area contributed by atoms with Gasteiger partial charge in [-0.25, -0.2) is 0 Å². The summed E-state index contributed by atoms with van der Waals surface area (Å²) < 4.78 is 5.74. The molecule has 2 fully saturated rings. The Bertz CT molecular complexity index is 488. The van der Waals surface area contributed by atoms with Crippen LogP contribution in [0, 0.1) is 11.8 Å². The van der Waals surface area contributed by atoms with Gasteiger partial charge in [-0.3, -0.25) is 4.79 Å². The van der Waals surface area contributed by atoms with E-state index in [0.717, 1.165) is 30.6 Å². The molecule has 0 spiro atoms. The van der Waals surface area contributed by atoms with Crippen molar-refractivity contribution in [3.8, 4) is 5.75 Å². The normalized spacial score (nSPS) is 23.7. The van der Waals surface area contributed by atoms with E-state index in [1.807, 2.05) is 12.1 Å². The molecule has 0 radical (unpaired) electrons. The summed E-state index contributed by atoms with van der Waals surface area (Å²) in [7, 11) is 1.64. The third-order valence-corrected chi connectivity index (χ3v) is 5.04. The van der Waals surface area contributed by atoms with E-state index in [1.165, 1.54) is 38.9 Å². The van der Waals surface area contributed by atoms with Gasteiger partial charge in [0.05, 0.1) is 6.61 Å². The third kappa shape index (κ3) is 3.61. The number of rotatable bonds is 7. The first-order chi connectivity index (χ1) is 10.8. The van der Waals surface area contributed by atoms with Crippen molar-refractivity contribution in [3.05, 3.63) is 29.8 Å². The van der Waals surface area contributed by atoms with E-state index in [1.54, 1.807) is 19.2 Å². The summed E-state index contributed by atoms with van der Waals surface area (Å²) in [4.78, 5) is 14.1. The van der Waals surface area contributed by atoms with Crippen molar-refractivity contribution in [1.82, 2.24) is 10.2 Å². The molecular formula is C18H26N2O2. The average Bonchev–Trinajstić information content (AvgIpc) is 2.82. The van der Waals surface area contributed by atoms with Crippen LogP contribution in [0.2, 0.25) is 0 Å². The molecule has 1 aliphatic carbocycles. The van der Waals surface area contributed by atoms with Gasteiger partial charge in [-0.2, -0.15) is 0 Å². The van der Waals surface area contributed by atoms with Crippen LogP contribution in [0.1, 0.15) is 36.0 Å². The molecular weight excluding hydrogens is 276 g/mol. The van der Waals surface area contributed by atoms with Crippen molar-refractivity contribution in [2.45, 2.75) is 25.7 Å². The van der Waals surface area contributed by atoms with Gasteiger partial charge < -0.3 is 15.0 Å². The van der Waals surface area contributed by atoms with Gasteiger partial charge >= 0.3 is 0 Å². The van der Waals surface area contributed by atoms with Crippen molar-refractivity contribution in [1.29, 1.82) is 0 Å². The molecule has 4 heteroatoms. The Morgan fingerprint density at radius 1 is 1.18 bits per heavy atom. The molecule has 0 aromatic heterocycles. The smallest absolute Gasteiger partial charge is 0.251 e. The predicted molar refractivity (Wildman–Crippen MR) is 87.2 cm³/mol. The van der Waals surface area contributed by atoms with Crippen LogP contribution in [0.4, 0.5) is 0 Å². The molecule has 3 rings (SSSR count). The van der Waals surface area contributed by atoms with E-state index in [9.17, 15) is 4.79 Å². The maximum absolute atomic E-state index is 11.4. The van der Waals surface area contributed by atoms with Crippen LogP contribution < -0.4 is 10.1 Å². The number of carbonyl (C=O) groups excluding carboxylic acids is 1. The minimum Gasteiger partial charge on any atom is -0.494 e. The average molecular weight is 302 g/mol. The Morgan fingerprint density at radius 2 is 1.86 bits per heavy atom. The fourth-order valence-electron chi connectivity index (χ4n) is 3.51. The highest BCUT2D eigenvalue weighted by molar-refractivity contribution is 5.94. The number of hydrogen-bond donors (Lipinski definition) is 1. The summed E-state index contributed by atoms with van der Waals surface area (Å²) in [5.41, 5.74) is 0.665. The number of benzene rings is 1. The van der Waals surface area contributed by atoms with Gasteiger partial charge in [0, 0.05) is 25.7 Å². The highest BCUT2D eigenvalue weighted by Gasteiger charge is 2.38. The Kier molecular flexibility index (Phi) is 4.98. The molecule has 2 atom stereocenters. The number of hydrogen-bond acceptors (Lipinski definition) is 3. The number of nitrogens with zero attached hydrogens (tertiary/aromatic N) is 1. The molecule has 2 aliphatic rings. The SMILES string of the molecule is CNC(=O)c1ccc(OCCCCN2C[C@H]3CC[C@H]3C2)cc1. The summed E-state index contributed by atoms with van der Waals surface area (Å²) in [6, 6.07) is 7.33. The summed E-state index contributed by atoms with van der Waals surface area (Å²) in [6.07, 6.45) is 5.20. The van der Waals surface area contributed by atoms with E-state index < -0.39 is 0 Å². The Morgan fingerprint density at radius 3 is 2.45 bits per heavy atom. The molecule has 1 aromatic carbocycles. The van der Waals surface area contributed by atoms with Crippen LogP contribution in [-0.4, -0.2) is 44.1 Å². The fraction of sp³-hybridized carbons (Fsp3) is 0.611. The maximum atomic E-state index is 11.4. The number of fused-ring (bicyclic) bond motifs is 1. The van der Waals surface area contributed by atoms with Crippen molar-refractivity contribution in [3.63, 3.8) is 0 Å². The fourth-order valence-corrected chi connectivity index (χ4v) is 3.51. The second kappa shape index (κ2) is 7.14. The molecule has 1 heterocycles. The maximum Gasteiger partial charge on any atom is 0.251 e. The highest BCUT2D eigenvalue weighted by Crippen LogP contribution is 2.40. The lowest BCUT2D eigenvalue weighted by atomic mass is 9.77. The summed E-state index contributed by atoms with van der Waals surface area (Å²) in [6.45, 7) is 4.62. The topological polar surface area (TPSA) is 41.6 Å². The van der Waals surface area contributed by atoms with Gasteiger partial charge in [0.1, 0.15) is 5.75 Å². The second-order valence-corrected chi connectivity index (χ2v) is 6.52. The number of ether oxygens (including phenoxy) is 1. The van der Waals surface area contributed by atoms with E-state index in [-0.39, 0.29) is 5.91 Å². The third-order valence-electron chi connectivity index (χ3n) is 5.04. The molecule has 4 nitrogen and oxygen atoms in total. The van der Waals surface area contributed by atoms with Crippen LogP contribution >= 0.6 is 0 Å². The van der Waals surface area contributed by atoms with Crippen molar-refractivity contribution in [2.75, 3.05) is 33.3 Å². The first-order valence-corrected chi connectivity index (χ1v) is 8.43. The molecule has 1 aromatic rings. The number of likely N-dealkylation sites (tertiary alicyclic amines) is 1. The summed E-state index contributed by atoms with van der Waals surface area (Å²) in [5.74, 6) is 2.79. The summed E-state index contributed by atoms with van der Waals surface area (Å²) >= 11 is 0. The van der Waals surface area contributed by atoms with Gasteiger partial charge in [-0.15, -0.1) is 0 Å². The van der Waals surface area contributed by atoms with Crippen LogP contribution in [0.25, 0.3) is 0 Å². The number of unbranched alkanes of at least 4 members (excludes halogenated alkanes) is 1. The minimum absolute atomic E-state index is 0.0638. The molecule has 1 saturated heterocycles. The van der Waals surface area contributed by atoms with Crippen LogP contribution in [0.3, 0.4) is 0 Å². The zero-order chi connectivity index (χ0) is 15.4. The monoisotopic (exact) mass is 302 g/mol. The highest BCUT2D eigenvalue weighted by atomic mass is 16.5.